The lowest BCUT2D eigenvalue weighted by atomic mass is 9.96. The Kier molecular flexibility index (Phi) is 8.16. The first-order valence-corrected chi connectivity index (χ1v) is 9.13. The van der Waals surface area contributed by atoms with E-state index in [2.05, 4.69) is 0 Å². The topological polar surface area (TPSA) is 64.7 Å². The minimum atomic E-state index is -1.24. The summed E-state index contributed by atoms with van der Waals surface area (Å²) in [5, 5.41) is 11.2. The fourth-order valence-corrected chi connectivity index (χ4v) is 3.20. The average Bonchev–Trinajstić information content (AvgIpc) is 3.15. The molecule has 0 aliphatic carbocycles. The highest BCUT2D eigenvalue weighted by atomic mass is 35.5. The third-order valence-electron chi connectivity index (χ3n) is 4.42. The van der Waals surface area contributed by atoms with Crippen LogP contribution in [0.5, 0.6) is 5.75 Å². The maximum absolute atomic E-state index is 14.4. The molecule has 3 N–H and O–H groups in total. The number of rotatable bonds is 6. The molecule has 1 aliphatic heterocycles. The lowest BCUT2D eigenvalue weighted by Gasteiger charge is -2.21. The summed E-state index contributed by atoms with van der Waals surface area (Å²) in [6, 6.07) is 8.28. The molecular weight excluding hydrogens is 416 g/mol. The molecule has 3 atom stereocenters. The van der Waals surface area contributed by atoms with Crippen LogP contribution in [0.3, 0.4) is 0 Å². The van der Waals surface area contributed by atoms with Crippen LogP contribution in [0.25, 0.3) is 0 Å². The number of hydrogen-bond donors (Lipinski definition) is 2. The Morgan fingerprint density at radius 3 is 2.63 bits per heavy atom. The van der Waals surface area contributed by atoms with Crippen molar-refractivity contribution in [2.75, 3.05) is 13.2 Å². The van der Waals surface area contributed by atoms with E-state index >= 15 is 0 Å². The number of hydrogen-bond acceptors (Lipinski definition) is 4. The van der Waals surface area contributed by atoms with Crippen molar-refractivity contribution in [3.63, 3.8) is 0 Å². The monoisotopic (exact) mass is 435 g/mol. The van der Waals surface area contributed by atoms with Gasteiger partial charge in [-0.25, -0.2) is 4.39 Å². The van der Waals surface area contributed by atoms with Gasteiger partial charge in [0.2, 0.25) is 0 Å². The van der Waals surface area contributed by atoms with E-state index < -0.39 is 18.0 Å². The van der Waals surface area contributed by atoms with Gasteiger partial charge in [-0.05, 0) is 42.7 Å². The zero-order chi connectivity index (χ0) is 18.7. The van der Waals surface area contributed by atoms with E-state index in [-0.39, 0.29) is 24.1 Å². The Morgan fingerprint density at radius 1 is 1.22 bits per heavy atom. The molecule has 27 heavy (non-hydrogen) atoms. The minimum absolute atomic E-state index is 0. The summed E-state index contributed by atoms with van der Waals surface area (Å²) in [6.45, 7) is 1.12. The number of ether oxygens (including phenoxy) is 2. The van der Waals surface area contributed by atoms with Crippen LogP contribution < -0.4 is 10.5 Å². The lowest BCUT2D eigenvalue weighted by Crippen LogP contribution is -2.21. The number of benzene rings is 2. The second kappa shape index (κ2) is 9.92. The number of aliphatic hydroxyl groups is 1. The van der Waals surface area contributed by atoms with Crippen molar-refractivity contribution < 1.29 is 19.0 Å². The predicted octanol–water partition coefficient (Wildman–Crippen LogP) is 4.85. The first kappa shape index (κ1) is 22.2. The molecular formula is C19H21Cl3FNO3. The van der Waals surface area contributed by atoms with Crippen LogP contribution in [0.4, 0.5) is 4.39 Å². The van der Waals surface area contributed by atoms with Gasteiger partial charge in [0.25, 0.3) is 0 Å². The first-order chi connectivity index (χ1) is 12.5. The maximum atomic E-state index is 14.4. The molecule has 0 bridgehead atoms. The van der Waals surface area contributed by atoms with Crippen molar-refractivity contribution in [1.29, 1.82) is 0 Å². The van der Waals surface area contributed by atoms with Crippen LogP contribution in [-0.2, 0) is 4.74 Å². The molecule has 1 saturated heterocycles. The Morgan fingerprint density at radius 2 is 2.00 bits per heavy atom. The van der Waals surface area contributed by atoms with Crippen molar-refractivity contribution in [3.8, 4) is 5.75 Å². The van der Waals surface area contributed by atoms with E-state index in [1.807, 2.05) is 0 Å². The first-order valence-electron chi connectivity index (χ1n) is 8.38. The van der Waals surface area contributed by atoms with Gasteiger partial charge in [-0.2, -0.15) is 0 Å². The quantitative estimate of drug-likeness (QED) is 0.680. The highest BCUT2D eigenvalue weighted by Crippen LogP contribution is 2.33. The normalized spacial score (nSPS) is 18.6. The highest BCUT2D eigenvalue weighted by molar-refractivity contribution is 6.42. The van der Waals surface area contributed by atoms with E-state index in [0.29, 0.717) is 28.0 Å². The largest absolute Gasteiger partial charge is 0.491 e. The molecule has 1 fully saturated rings. The van der Waals surface area contributed by atoms with Crippen LogP contribution in [0, 0.1) is 5.82 Å². The van der Waals surface area contributed by atoms with Crippen molar-refractivity contribution in [2.45, 2.75) is 31.1 Å². The summed E-state index contributed by atoms with van der Waals surface area (Å²) in [5.74, 6) is -0.199. The Bertz CT molecular complexity index is 772. The summed E-state index contributed by atoms with van der Waals surface area (Å²) < 4.78 is 25.5. The molecule has 3 rings (SSSR count). The number of halogens is 4. The SMILES string of the molecule is Cl.NC(c1ccc(Cl)c(Cl)c1)C(O)c1ccc(OCC2CCCO2)cc1F. The molecule has 4 nitrogen and oxygen atoms in total. The van der Waals surface area contributed by atoms with E-state index in [9.17, 15) is 9.50 Å². The number of aliphatic hydroxyl groups excluding tert-OH is 1. The van der Waals surface area contributed by atoms with Crippen LogP contribution in [0.1, 0.15) is 36.1 Å². The zero-order valence-corrected chi connectivity index (χ0v) is 16.7. The smallest absolute Gasteiger partial charge is 0.132 e. The highest BCUT2D eigenvalue weighted by Gasteiger charge is 2.23. The van der Waals surface area contributed by atoms with E-state index in [1.54, 1.807) is 24.3 Å². The van der Waals surface area contributed by atoms with E-state index in [1.165, 1.54) is 12.1 Å². The fraction of sp³-hybridized carbons (Fsp3) is 0.368. The zero-order valence-electron chi connectivity index (χ0n) is 14.4. The summed E-state index contributed by atoms with van der Waals surface area (Å²) in [5.41, 5.74) is 6.72. The molecule has 0 aromatic heterocycles. The summed E-state index contributed by atoms with van der Waals surface area (Å²) in [4.78, 5) is 0. The minimum Gasteiger partial charge on any atom is -0.491 e. The molecule has 0 amide bonds. The van der Waals surface area contributed by atoms with Gasteiger partial charge in [0.05, 0.1) is 22.2 Å². The second-order valence-electron chi connectivity index (χ2n) is 6.27. The van der Waals surface area contributed by atoms with Gasteiger partial charge in [0.15, 0.2) is 0 Å². The molecule has 0 radical (unpaired) electrons. The molecule has 1 aliphatic rings. The molecule has 2 aromatic carbocycles. The number of nitrogens with two attached hydrogens (primary N) is 1. The molecule has 2 aromatic rings. The van der Waals surface area contributed by atoms with Gasteiger partial charge in [-0.3, -0.25) is 0 Å². The van der Waals surface area contributed by atoms with Crippen molar-refractivity contribution in [1.82, 2.24) is 0 Å². The fourth-order valence-electron chi connectivity index (χ4n) is 2.90. The van der Waals surface area contributed by atoms with Crippen molar-refractivity contribution >= 4 is 35.6 Å². The molecule has 0 spiro atoms. The molecule has 0 saturated carbocycles. The lowest BCUT2D eigenvalue weighted by molar-refractivity contribution is 0.0677. The Balaban J connectivity index is 0.00000261. The predicted molar refractivity (Wildman–Crippen MR) is 106 cm³/mol. The van der Waals surface area contributed by atoms with Crippen molar-refractivity contribution in [2.24, 2.45) is 5.73 Å². The van der Waals surface area contributed by atoms with Gasteiger partial charge < -0.3 is 20.3 Å². The van der Waals surface area contributed by atoms with E-state index in [4.69, 9.17) is 38.4 Å². The van der Waals surface area contributed by atoms with Crippen LogP contribution in [0.2, 0.25) is 10.0 Å². The summed E-state index contributed by atoms with van der Waals surface area (Å²) in [7, 11) is 0. The molecule has 3 unspecified atom stereocenters. The Hall–Kier alpha value is -1.08. The second-order valence-corrected chi connectivity index (χ2v) is 7.09. The van der Waals surface area contributed by atoms with Crippen LogP contribution >= 0.6 is 35.6 Å². The molecule has 8 heteroatoms. The van der Waals surface area contributed by atoms with Gasteiger partial charge in [-0.1, -0.05) is 29.3 Å². The molecule has 1 heterocycles. The van der Waals surface area contributed by atoms with Crippen LogP contribution in [0.15, 0.2) is 36.4 Å². The van der Waals surface area contributed by atoms with Gasteiger partial charge >= 0.3 is 0 Å². The maximum Gasteiger partial charge on any atom is 0.132 e. The van der Waals surface area contributed by atoms with Gasteiger partial charge in [0.1, 0.15) is 24.3 Å². The Labute approximate surface area is 173 Å². The third kappa shape index (κ3) is 5.47. The molecule has 148 valence electrons. The van der Waals surface area contributed by atoms with E-state index in [0.717, 1.165) is 19.4 Å². The third-order valence-corrected chi connectivity index (χ3v) is 5.16. The van der Waals surface area contributed by atoms with Gasteiger partial charge in [0, 0.05) is 18.2 Å². The average molecular weight is 437 g/mol. The van der Waals surface area contributed by atoms with Crippen molar-refractivity contribution in [3.05, 3.63) is 63.4 Å². The summed E-state index contributed by atoms with van der Waals surface area (Å²) in [6.07, 6.45) is 0.767. The van der Waals surface area contributed by atoms with Crippen LogP contribution in [-0.4, -0.2) is 24.4 Å². The standard InChI is InChI=1S/C19H20Cl2FNO3.ClH/c20-15-6-3-11(8-16(15)21)18(23)19(24)14-5-4-12(9-17(14)22)26-10-13-2-1-7-25-13;/h3-6,8-9,13,18-19,24H,1-2,7,10,23H2;1H. The van der Waals surface area contributed by atoms with Gasteiger partial charge in [-0.15, -0.1) is 12.4 Å². The summed E-state index contributed by atoms with van der Waals surface area (Å²) >= 11 is 11.9.